The molecule has 0 aliphatic carbocycles. The SMILES string of the molecule is CSc1ccc(S(=O)(=O)N(CC(=O)NCCCc2ccccc2)c2cccc(F)c2)cc1. The molecule has 0 fully saturated rings. The molecule has 3 aromatic rings. The van der Waals surface area contributed by atoms with Gasteiger partial charge in [-0.2, -0.15) is 0 Å². The van der Waals surface area contributed by atoms with Crippen molar-refractivity contribution >= 4 is 33.4 Å². The van der Waals surface area contributed by atoms with Crippen molar-refractivity contribution in [1.29, 1.82) is 0 Å². The summed E-state index contributed by atoms with van der Waals surface area (Å²) in [5.41, 5.74) is 1.26. The molecule has 0 radical (unpaired) electrons. The molecule has 0 atom stereocenters. The topological polar surface area (TPSA) is 66.5 Å². The van der Waals surface area contributed by atoms with E-state index in [1.54, 1.807) is 12.1 Å². The van der Waals surface area contributed by atoms with Crippen LogP contribution < -0.4 is 9.62 Å². The van der Waals surface area contributed by atoms with Gasteiger partial charge in [0.2, 0.25) is 5.91 Å². The largest absolute Gasteiger partial charge is 0.355 e. The standard InChI is InChI=1S/C24H25FN2O3S2/c1-31-22-12-14-23(15-13-22)32(29,30)27(21-11-5-10-20(25)17-21)18-24(28)26-16-6-9-19-7-3-2-4-8-19/h2-5,7-8,10-15,17H,6,9,16,18H2,1H3,(H,26,28). The highest BCUT2D eigenvalue weighted by molar-refractivity contribution is 7.98. The summed E-state index contributed by atoms with van der Waals surface area (Å²) in [7, 11) is -4.07. The molecule has 8 heteroatoms. The summed E-state index contributed by atoms with van der Waals surface area (Å²) in [6, 6.07) is 21.5. The summed E-state index contributed by atoms with van der Waals surface area (Å²) in [4.78, 5) is 13.5. The number of nitrogens with zero attached hydrogens (tertiary/aromatic N) is 1. The lowest BCUT2D eigenvalue weighted by molar-refractivity contribution is -0.119. The fourth-order valence-corrected chi connectivity index (χ4v) is 4.99. The number of nitrogens with one attached hydrogen (secondary N) is 1. The Kier molecular flexibility index (Phi) is 8.30. The number of sulfonamides is 1. The second-order valence-corrected chi connectivity index (χ2v) is 9.85. The average molecular weight is 473 g/mol. The average Bonchev–Trinajstić information content (AvgIpc) is 2.81. The van der Waals surface area contributed by atoms with Crippen molar-refractivity contribution in [3.8, 4) is 0 Å². The molecule has 0 bridgehead atoms. The number of carbonyl (C=O) groups is 1. The molecular weight excluding hydrogens is 447 g/mol. The minimum Gasteiger partial charge on any atom is -0.355 e. The number of benzene rings is 3. The minimum atomic E-state index is -4.07. The number of halogens is 1. The smallest absolute Gasteiger partial charge is 0.264 e. The Morgan fingerprint density at radius 3 is 2.38 bits per heavy atom. The number of hydrogen-bond donors (Lipinski definition) is 1. The van der Waals surface area contributed by atoms with E-state index in [4.69, 9.17) is 0 Å². The Hall–Kier alpha value is -2.84. The first-order valence-corrected chi connectivity index (χ1v) is 12.8. The number of amides is 1. The highest BCUT2D eigenvalue weighted by atomic mass is 32.2. The third kappa shape index (κ3) is 6.34. The first-order chi connectivity index (χ1) is 15.4. The molecule has 0 aliphatic heterocycles. The summed E-state index contributed by atoms with van der Waals surface area (Å²) in [6.07, 6.45) is 3.41. The number of hydrogen-bond acceptors (Lipinski definition) is 4. The van der Waals surface area contributed by atoms with Crippen LogP contribution >= 0.6 is 11.8 Å². The molecule has 1 amide bonds. The van der Waals surface area contributed by atoms with Gasteiger partial charge in [0.25, 0.3) is 10.0 Å². The summed E-state index contributed by atoms with van der Waals surface area (Å²) in [5, 5.41) is 2.77. The number of rotatable bonds is 10. The Morgan fingerprint density at radius 2 is 1.72 bits per heavy atom. The first-order valence-electron chi connectivity index (χ1n) is 10.1. The lowest BCUT2D eigenvalue weighted by Gasteiger charge is -2.24. The maximum absolute atomic E-state index is 13.8. The molecule has 0 aromatic heterocycles. The second-order valence-electron chi connectivity index (χ2n) is 7.11. The molecule has 1 N–H and O–H groups in total. The summed E-state index contributed by atoms with van der Waals surface area (Å²) in [5.74, 6) is -1.03. The fraction of sp³-hybridized carbons (Fsp3) is 0.208. The number of thioether (sulfide) groups is 1. The van der Waals surface area contributed by atoms with Crippen LogP contribution in [0.5, 0.6) is 0 Å². The van der Waals surface area contributed by atoms with E-state index in [1.165, 1.54) is 47.7 Å². The van der Waals surface area contributed by atoms with Crippen LogP contribution in [0.4, 0.5) is 10.1 Å². The van der Waals surface area contributed by atoms with Gasteiger partial charge in [0.05, 0.1) is 10.6 Å². The maximum atomic E-state index is 13.8. The van der Waals surface area contributed by atoms with E-state index >= 15 is 0 Å². The van der Waals surface area contributed by atoms with Gasteiger partial charge in [0, 0.05) is 11.4 Å². The quantitative estimate of drug-likeness (QED) is 0.349. The number of anilines is 1. The van der Waals surface area contributed by atoms with Crippen LogP contribution in [0.1, 0.15) is 12.0 Å². The van der Waals surface area contributed by atoms with Crippen LogP contribution in [0.2, 0.25) is 0 Å². The van der Waals surface area contributed by atoms with Gasteiger partial charge >= 0.3 is 0 Å². The van der Waals surface area contributed by atoms with Crippen molar-refractivity contribution in [3.05, 3.63) is 90.2 Å². The van der Waals surface area contributed by atoms with Gasteiger partial charge < -0.3 is 5.32 Å². The van der Waals surface area contributed by atoms with Gasteiger partial charge in [-0.3, -0.25) is 9.10 Å². The molecule has 3 rings (SSSR count). The van der Waals surface area contributed by atoms with Gasteiger partial charge in [-0.15, -0.1) is 11.8 Å². The zero-order valence-corrected chi connectivity index (χ0v) is 19.3. The Bertz CT molecular complexity index is 1140. The molecular formula is C24H25FN2O3S2. The molecule has 0 spiro atoms. The van der Waals surface area contributed by atoms with Crippen molar-refractivity contribution in [2.45, 2.75) is 22.6 Å². The minimum absolute atomic E-state index is 0.0384. The van der Waals surface area contributed by atoms with Crippen LogP contribution in [0.3, 0.4) is 0 Å². The fourth-order valence-electron chi connectivity index (χ4n) is 3.17. The highest BCUT2D eigenvalue weighted by Crippen LogP contribution is 2.26. The lowest BCUT2D eigenvalue weighted by Crippen LogP contribution is -2.41. The van der Waals surface area contributed by atoms with E-state index in [0.29, 0.717) is 6.54 Å². The van der Waals surface area contributed by atoms with Gasteiger partial charge in [-0.05, 0) is 67.1 Å². The molecule has 0 heterocycles. The van der Waals surface area contributed by atoms with Crippen LogP contribution in [-0.2, 0) is 21.2 Å². The second kappa shape index (κ2) is 11.2. The monoisotopic (exact) mass is 472 g/mol. The maximum Gasteiger partial charge on any atom is 0.264 e. The molecule has 3 aromatic carbocycles. The van der Waals surface area contributed by atoms with Crippen LogP contribution in [0, 0.1) is 5.82 Å². The van der Waals surface area contributed by atoms with E-state index in [9.17, 15) is 17.6 Å². The predicted molar refractivity (Wildman–Crippen MR) is 127 cm³/mol. The molecule has 0 unspecified atom stereocenters. The molecule has 5 nitrogen and oxygen atoms in total. The Balaban J connectivity index is 1.73. The third-order valence-electron chi connectivity index (χ3n) is 4.84. The zero-order chi connectivity index (χ0) is 23.0. The van der Waals surface area contributed by atoms with E-state index in [1.807, 2.05) is 36.6 Å². The zero-order valence-electron chi connectivity index (χ0n) is 17.7. The molecule has 0 aliphatic rings. The van der Waals surface area contributed by atoms with Crippen molar-refractivity contribution in [3.63, 3.8) is 0 Å². The van der Waals surface area contributed by atoms with E-state index in [0.717, 1.165) is 28.1 Å². The third-order valence-corrected chi connectivity index (χ3v) is 7.37. The molecule has 32 heavy (non-hydrogen) atoms. The van der Waals surface area contributed by atoms with Crippen molar-refractivity contribution < 1.29 is 17.6 Å². The first kappa shape index (κ1) is 23.8. The van der Waals surface area contributed by atoms with Crippen molar-refractivity contribution in [2.75, 3.05) is 23.7 Å². The number of carbonyl (C=O) groups excluding carboxylic acids is 1. The normalized spacial score (nSPS) is 11.2. The summed E-state index contributed by atoms with van der Waals surface area (Å²) < 4.78 is 41.4. The van der Waals surface area contributed by atoms with Crippen LogP contribution in [-0.4, -0.2) is 33.7 Å². The number of aryl methyl sites for hydroxylation is 1. The lowest BCUT2D eigenvalue weighted by atomic mass is 10.1. The summed E-state index contributed by atoms with van der Waals surface area (Å²) in [6.45, 7) is -0.0331. The van der Waals surface area contributed by atoms with Crippen molar-refractivity contribution in [2.24, 2.45) is 0 Å². The van der Waals surface area contributed by atoms with Crippen LogP contribution in [0.15, 0.2) is 88.7 Å². The van der Waals surface area contributed by atoms with E-state index < -0.39 is 28.3 Å². The van der Waals surface area contributed by atoms with E-state index in [-0.39, 0.29) is 10.6 Å². The van der Waals surface area contributed by atoms with Gasteiger partial charge in [-0.1, -0.05) is 36.4 Å². The Morgan fingerprint density at radius 1 is 1.00 bits per heavy atom. The highest BCUT2D eigenvalue weighted by Gasteiger charge is 2.27. The van der Waals surface area contributed by atoms with Gasteiger partial charge in [0.15, 0.2) is 0 Å². The summed E-state index contributed by atoms with van der Waals surface area (Å²) >= 11 is 1.49. The predicted octanol–water partition coefficient (Wildman–Crippen LogP) is 4.49. The van der Waals surface area contributed by atoms with Crippen LogP contribution in [0.25, 0.3) is 0 Å². The molecule has 168 valence electrons. The van der Waals surface area contributed by atoms with Crippen molar-refractivity contribution in [1.82, 2.24) is 5.32 Å². The Labute approximate surface area is 192 Å². The molecule has 0 saturated heterocycles. The van der Waals surface area contributed by atoms with Gasteiger partial charge in [0.1, 0.15) is 12.4 Å². The van der Waals surface area contributed by atoms with E-state index in [2.05, 4.69) is 5.32 Å². The molecule has 0 saturated carbocycles. The van der Waals surface area contributed by atoms with Gasteiger partial charge in [-0.25, -0.2) is 12.8 Å².